The first kappa shape index (κ1) is 22.9. The summed E-state index contributed by atoms with van der Waals surface area (Å²) in [7, 11) is -1.32. The lowest BCUT2D eigenvalue weighted by atomic mass is 9.80. The smallest absolute Gasteiger partial charge is 0.208 e. The predicted molar refractivity (Wildman–Crippen MR) is 108 cm³/mol. The van der Waals surface area contributed by atoms with E-state index < -0.39 is 10.0 Å². The summed E-state index contributed by atoms with van der Waals surface area (Å²) in [6, 6.07) is 0.496. The average molecular weight is 460 g/mol. The van der Waals surface area contributed by atoms with Gasteiger partial charge in [-0.2, -0.15) is 0 Å². The first-order chi connectivity index (χ1) is 10.3. The number of hydrogen-bond donors (Lipinski definition) is 3. The van der Waals surface area contributed by atoms with Gasteiger partial charge in [0.05, 0.1) is 6.26 Å². The number of guanidine groups is 1. The molecule has 138 valence electrons. The Bertz CT molecular complexity index is 446. The van der Waals surface area contributed by atoms with Crippen LogP contribution in [0.15, 0.2) is 4.99 Å². The van der Waals surface area contributed by atoms with E-state index in [1.165, 1.54) is 31.9 Å². The van der Waals surface area contributed by atoms with Gasteiger partial charge in [0.2, 0.25) is 10.0 Å². The normalized spacial score (nSPS) is 22.6. The number of halogens is 1. The molecule has 0 spiro atoms. The molecule has 1 saturated carbocycles. The number of hydrogen-bond acceptors (Lipinski definition) is 3. The lowest BCUT2D eigenvalue weighted by molar-refractivity contribution is 0.250. The van der Waals surface area contributed by atoms with E-state index in [0.717, 1.165) is 24.2 Å². The van der Waals surface area contributed by atoms with Crippen molar-refractivity contribution in [3.63, 3.8) is 0 Å². The third-order valence-electron chi connectivity index (χ3n) is 4.29. The molecule has 0 heterocycles. The van der Waals surface area contributed by atoms with Crippen molar-refractivity contribution in [2.45, 2.75) is 52.0 Å². The van der Waals surface area contributed by atoms with Gasteiger partial charge >= 0.3 is 0 Å². The van der Waals surface area contributed by atoms with Crippen molar-refractivity contribution in [1.29, 1.82) is 0 Å². The van der Waals surface area contributed by atoms with Gasteiger partial charge in [0.25, 0.3) is 0 Å². The summed E-state index contributed by atoms with van der Waals surface area (Å²) in [6.07, 6.45) is 6.86. The third kappa shape index (κ3) is 10.4. The van der Waals surface area contributed by atoms with Crippen LogP contribution in [-0.2, 0) is 10.0 Å². The molecule has 0 aromatic carbocycles. The highest BCUT2D eigenvalue weighted by Gasteiger charge is 2.23. The highest BCUT2D eigenvalue weighted by Crippen LogP contribution is 2.29. The van der Waals surface area contributed by atoms with Crippen molar-refractivity contribution in [3.8, 4) is 0 Å². The molecule has 0 amide bonds. The van der Waals surface area contributed by atoms with Gasteiger partial charge in [0, 0.05) is 26.2 Å². The van der Waals surface area contributed by atoms with E-state index in [1.54, 1.807) is 7.05 Å². The second kappa shape index (κ2) is 11.5. The van der Waals surface area contributed by atoms with Crippen LogP contribution in [-0.4, -0.2) is 46.8 Å². The molecule has 0 unspecified atom stereocenters. The molecule has 23 heavy (non-hydrogen) atoms. The molecule has 3 N–H and O–H groups in total. The molecular weight excluding hydrogens is 427 g/mol. The first-order valence-electron chi connectivity index (χ1n) is 8.23. The zero-order valence-corrected chi connectivity index (χ0v) is 17.9. The molecule has 1 aliphatic carbocycles. The Hall–Kier alpha value is -0.0900. The van der Waals surface area contributed by atoms with Gasteiger partial charge in [-0.15, -0.1) is 24.0 Å². The highest BCUT2D eigenvalue weighted by molar-refractivity contribution is 14.0. The Morgan fingerprint density at radius 1 is 1.17 bits per heavy atom. The zero-order chi connectivity index (χ0) is 16.6. The quantitative estimate of drug-likeness (QED) is 0.235. The molecule has 0 aromatic rings. The van der Waals surface area contributed by atoms with Crippen LogP contribution in [0.3, 0.4) is 0 Å². The van der Waals surface area contributed by atoms with Crippen molar-refractivity contribution in [2.75, 3.05) is 26.4 Å². The topological polar surface area (TPSA) is 82.6 Å². The van der Waals surface area contributed by atoms with Crippen molar-refractivity contribution in [3.05, 3.63) is 0 Å². The lowest BCUT2D eigenvalue weighted by Gasteiger charge is -2.32. The minimum atomic E-state index is -3.09. The number of nitrogens with one attached hydrogen (secondary N) is 3. The maximum atomic E-state index is 11.0. The Morgan fingerprint density at radius 2 is 1.78 bits per heavy atom. The molecule has 1 aliphatic rings. The van der Waals surface area contributed by atoms with Crippen molar-refractivity contribution >= 4 is 40.0 Å². The predicted octanol–water partition coefficient (Wildman–Crippen LogP) is 1.92. The molecule has 0 radical (unpaired) electrons. The largest absolute Gasteiger partial charge is 0.356 e. The van der Waals surface area contributed by atoms with Crippen LogP contribution in [0, 0.1) is 11.8 Å². The fourth-order valence-corrected chi connectivity index (χ4v) is 3.39. The molecule has 0 atom stereocenters. The van der Waals surface area contributed by atoms with Gasteiger partial charge in [0.15, 0.2) is 5.96 Å². The van der Waals surface area contributed by atoms with Crippen LogP contribution < -0.4 is 15.4 Å². The van der Waals surface area contributed by atoms with E-state index in [9.17, 15) is 8.42 Å². The van der Waals surface area contributed by atoms with Crippen LogP contribution in [0.1, 0.15) is 46.0 Å². The maximum absolute atomic E-state index is 11.0. The summed E-state index contributed by atoms with van der Waals surface area (Å²) in [5.41, 5.74) is 0. The lowest BCUT2D eigenvalue weighted by Crippen LogP contribution is -2.45. The molecule has 1 rings (SSSR count). The van der Waals surface area contributed by atoms with Crippen molar-refractivity contribution in [2.24, 2.45) is 16.8 Å². The van der Waals surface area contributed by atoms with Gasteiger partial charge in [-0.1, -0.05) is 13.8 Å². The SMILES string of the molecule is CN=C(NCCCNS(C)(=O)=O)NC1CCC(C(C)C)CC1.I. The number of nitrogens with zero attached hydrogens (tertiary/aromatic N) is 1. The van der Waals surface area contributed by atoms with E-state index in [0.29, 0.717) is 19.1 Å². The molecule has 0 bridgehead atoms. The van der Waals surface area contributed by atoms with Crippen LogP contribution in [0.4, 0.5) is 0 Å². The monoisotopic (exact) mass is 460 g/mol. The number of rotatable bonds is 7. The van der Waals surface area contributed by atoms with Crippen LogP contribution in [0.25, 0.3) is 0 Å². The second-order valence-electron chi connectivity index (χ2n) is 6.52. The average Bonchev–Trinajstić information content (AvgIpc) is 2.45. The molecule has 1 fully saturated rings. The minimum absolute atomic E-state index is 0. The van der Waals surface area contributed by atoms with E-state index in [-0.39, 0.29) is 24.0 Å². The molecule has 0 saturated heterocycles. The van der Waals surface area contributed by atoms with Crippen molar-refractivity contribution in [1.82, 2.24) is 15.4 Å². The summed E-state index contributed by atoms with van der Waals surface area (Å²) in [4.78, 5) is 4.24. The maximum Gasteiger partial charge on any atom is 0.208 e. The van der Waals surface area contributed by atoms with Crippen LogP contribution >= 0.6 is 24.0 Å². The molecular formula is C15H33IN4O2S. The summed E-state index contributed by atoms with van der Waals surface area (Å²) < 4.78 is 24.4. The Kier molecular flexibility index (Phi) is 11.4. The highest BCUT2D eigenvalue weighted by atomic mass is 127. The summed E-state index contributed by atoms with van der Waals surface area (Å²) in [6.45, 7) is 5.76. The van der Waals surface area contributed by atoms with E-state index >= 15 is 0 Å². The van der Waals surface area contributed by atoms with Crippen LogP contribution in [0.5, 0.6) is 0 Å². The molecule has 0 aromatic heterocycles. The van der Waals surface area contributed by atoms with Gasteiger partial charge in [-0.05, 0) is 43.9 Å². The van der Waals surface area contributed by atoms with E-state index in [1.807, 2.05) is 0 Å². The summed E-state index contributed by atoms with van der Waals surface area (Å²) in [5.74, 6) is 2.45. The number of sulfonamides is 1. The molecule has 8 heteroatoms. The minimum Gasteiger partial charge on any atom is -0.356 e. The fourth-order valence-electron chi connectivity index (χ4n) is 2.87. The van der Waals surface area contributed by atoms with Crippen molar-refractivity contribution < 1.29 is 8.42 Å². The Balaban J connectivity index is 0.00000484. The summed E-state index contributed by atoms with van der Waals surface area (Å²) in [5, 5.41) is 6.71. The number of aliphatic imine (C=N–C) groups is 1. The second-order valence-corrected chi connectivity index (χ2v) is 8.35. The fraction of sp³-hybridized carbons (Fsp3) is 0.933. The van der Waals surface area contributed by atoms with Gasteiger partial charge < -0.3 is 10.6 Å². The first-order valence-corrected chi connectivity index (χ1v) is 10.1. The molecule has 0 aliphatic heterocycles. The van der Waals surface area contributed by atoms with E-state index in [4.69, 9.17) is 0 Å². The van der Waals surface area contributed by atoms with Gasteiger partial charge in [-0.3, -0.25) is 4.99 Å². The van der Waals surface area contributed by atoms with E-state index in [2.05, 4.69) is 34.2 Å². The zero-order valence-electron chi connectivity index (χ0n) is 14.8. The van der Waals surface area contributed by atoms with Gasteiger partial charge in [-0.25, -0.2) is 13.1 Å². The summed E-state index contributed by atoms with van der Waals surface area (Å²) >= 11 is 0. The standard InChI is InChI=1S/C15H32N4O2S.HI/c1-12(2)13-6-8-14(9-7-13)19-15(16-3)17-10-5-11-18-22(4,20)21;/h12-14,18H,5-11H2,1-4H3,(H2,16,17,19);1H. The van der Waals surface area contributed by atoms with Gasteiger partial charge in [0.1, 0.15) is 0 Å². The Labute approximate surface area is 158 Å². The third-order valence-corrected chi connectivity index (χ3v) is 5.02. The van der Waals surface area contributed by atoms with Crippen LogP contribution in [0.2, 0.25) is 0 Å². The molecule has 6 nitrogen and oxygen atoms in total. The Morgan fingerprint density at radius 3 is 2.26 bits per heavy atom.